The van der Waals surface area contributed by atoms with E-state index in [-0.39, 0.29) is 5.56 Å². The van der Waals surface area contributed by atoms with Crippen LogP contribution in [-0.2, 0) is 0 Å². The summed E-state index contributed by atoms with van der Waals surface area (Å²) in [5.74, 6) is -0.990. The van der Waals surface area contributed by atoms with Crippen molar-refractivity contribution in [3.63, 3.8) is 0 Å². The van der Waals surface area contributed by atoms with Crippen LogP contribution in [0.1, 0.15) is 10.4 Å². The average Bonchev–Trinajstić information content (AvgIpc) is 2.32. The summed E-state index contributed by atoms with van der Waals surface area (Å²) in [4.78, 5) is 20.0. The number of halogens is 1. The maximum atomic E-state index is 11.1. The Morgan fingerprint density at radius 2 is 2.06 bits per heavy atom. The Hall–Kier alpha value is -1.40. The quantitative estimate of drug-likeness (QED) is 0.944. The lowest BCUT2D eigenvalue weighted by molar-refractivity contribution is 0.0692. The van der Waals surface area contributed by atoms with Gasteiger partial charge in [0.2, 0.25) is 0 Å². The van der Waals surface area contributed by atoms with Gasteiger partial charge in [0.15, 0.2) is 0 Å². The molecule has 0 spiro atoms. The molecule has 0 aliphatic carbocycles. The first kappa shape index (κ1) is 12.1. The Kier molecular flexibility index (Phi) is 3.75. The molecule has 0 saturated carbocycles. The van der Waals surface area contributed by atoms with Crippen LogP contribution >= 0.6 is 27.7 Å². The van der Waals surface area contributed by atoms with Crippen LogP contribution in [0.15, 0.2) is 51.2 Å². The summed E-state index contributed by atoms with van der Waals surface area (Å²) in [7, 11) is 0. The van der Waals surface area contributed by atoms with Gasteiger partial charge in [-0.3, -0.25) is 4.98 Å². The Labute approximate surface area is 110 Å². The zero-order valence-corrected chi connectivity index (χ0v) is 10.9. The van der Waals surface area contributed by atoms with Crippen molar-refractivity contribution in [1.29, 1.82) is 0 Å². The minimum Gasteiger partial charge on any atom is -0.478 e. The van der Waals surface area contributed by atoms with Gasteiger partial charge in [-0.2, -0.15) is 0 Å². The van der Waals surface area contributed by atoms with E-state index >= 15 is 0 Å². The second-order valence-electron chi connectivity index (χ2n) is 3.10. The fourth-order valence-electron chi connectivity index (χ4n) is 1.18. The lowest BCUT2D eigenvalue weighted by Gasteiger charge is -2.04. The van der Waals surface area contributed by atoms with Gasteiger partial charge in [-0.25, -0.2) is 9.78 Å². The monoisotopic (exact) mass is 310 g/mol. The number of nitrogens with zero attached hydrogens (tertiary/aromatic N) is 2. The normalized spacial score (nSPS) is 10.2. The SMILES string of the molecule is O=C(O)c1cc(Br)cnc1Sc1ccncc1. The van der Waals surface area contributed by atoms with Gasteiger partial charge in [0.25, 0.3) is 0 Å². The van der Waals surface area contributed by atoms with E-state index in [1.165, 1.54) is 11.8 Å². The molecule has 0 aliphatic heterocycles. The lowest BCUT2D eigenvalue weighted by Crippen LogP contribution is -2.00. The Morgan fingerprint density at radius 3 is 2.71 bits per heavy atom. The molecule has 17 heavy (non-hydrogen) atoms. The van der Waals surface area contributed by atoms with Crippen molar-refractivity contribution in [2.45, 2.75) is 9.92 Å². The second-order valence-corrected chi connectivity index (χ2v) is 5.07. The molecule has 2 heterocycles. The zero-order chi connectivity index (χ0) is 12.3. The third-order valence-corrected chi connectivity index (χ3v) is 3.37. The molecule has 0 aliphatic rings. The molecule has 0 saturated heterocycles. The molecule has 2 aromatic heterocycles. The summed E-state index contributed by atoms with van der Waals surface area (Å²) in [6.07, 6.45) is 4.89. The number of carbonyl (C=O) groups is 1. The first-order valence-electron chi connectivity index (χ1n) is 4.63. The van der Waals surface area contributed by atoms with Gasteiger partial charge in [0, 0.05) is 28.0 Å². The van der Waals surface area contributed by atoms with E-state index in [1.54, 1.807) is 36.8 Å². The number of pyridine rings is 2. The van der Waals surface area contributed by atoms with Crippen LogP contribution in [0.3, 0.4) is 0 Å². The topological polar surface area (TPSA) is 63.1 Å². The van der Waals surface area contributed by atoms with E-state index < -0.39 is 5.97 Å². The van der Waals surface area contributed by atoms with Gasteiger partial charge < -0.3 is 5.11 Å². The minimum absolute atomic E-state index is 0.182. The third-order valence-electron chi connectivity index (χ3n) is 1.91. The lowest BCUT2D eigenvalue weighted by atomic mass is 10.3. The van der Waals surface area contributed by atoms with Gasteiger partial charge in [-0.05, 0) is 34.1 Å². The molecule has 0 radical (unpaired) electrons. The van der Waals surface area contributed by atoms with Crippen molar-refractivity contribution in [3.05, 3.63) is 46.8 Å². The highest BCUT2D eigenvalue weighted by Crippen LogP contribution is 2.29. The van der Waals surface area contributed by atoms with Gasteiger partial charge >= 0.3 is 5.97 Å². The molecule has 86 valence electrons. The van der Waals surface area contributed by atoms with Gasteiger partial charge in [0.1, 0.15) is 5.03 Å². The molecule has 0 fully saturated rings. The molecule has 0 bridgehead atoms. The summed E-state index contributed by atoms with van der Waals surface area (Å²) < 4.78 is 0.647. The van der Waals surface area contributed by atoms with E-state index in [4.69, 9.17) is 5.11 Å². The smallest absolute Gasteiger partial charge is 0.338 e. The van der Waals surface area contributed by atoms with Crippen LogP contribution in [0, 0.1) is 0 Å². The standard InChI is InChI=1S/C11H7BrN2O2S/c12-7-5-9(11(15)16)10(14-6-7)17-8-1-3-13-4-2-8/h1-6H,(H,15,16). The van der Waals surface area contributed by atoms with Crippen LogP contribution in [-0.4, -0.2) is 21.0 Å². The molecular weight excluding hydrogens is 304 g/mol. The minimum atomic E-state index is -0.990. The maximum Gasteiger partial charge on any atom is 0.338 e. The number of aromatic nitrogens is 2. The number of hydrogen-bond donors (Lipinski definition) is 1. The molecule has 0 atom stereocenters. The first-order chi connectivity index (χ1) is 8.16. The van der Waals surface area contributed by atoms with Gasteiger partial charge in [0.05, 0.1) is 5.56 Å². The molecule has 2 rings (SSSR count). The summed E-state index contributed by atoms with van der Waals surface area (Å²) in [6, 6.07) is 5.15. The molecule has 4 nitrogen and oxygen atoms in total. The number of carboxylic acids is 1. The highest BCUT2D eigenvalue weighted by atomic mass is 79.9. The van der Waals surface area contributed by atoms with Crippen LogP contribution in [0.2, 0.25) is 0 Å². The van der Waals surface area contributed by atoms with Crippen molar-refractivity contribution < 1.29 is 9.90 Å². The molecule has 1 N–H and O–H groups in total. The Bertz CT molecular complexity index is 548. The van der Waals surface area contributed by atoms with Crippen molar-refractivity contribution >= 4 is 33.7 Å². The predicted molar refractivity (Wildman–Crippen MR) is 67.3 cm³/mol. The van der Waals surface area contributed by atoms with Crippen molar-refractivity contribution in [3.8, 4) is 0 Å². The predicted octanol–water partition coefficient (Wildman–Crippen LogP) is 3.09. The number of carboxylic acid groups (broad SMARTS) is 1. The van der Waals surface area contributed by atoms with E-state index in [0.29, 0.717) is 9.50 Å². The van der Waals surface area contributed by atoms with Crippen molar-refractivity contribution in [2.24, 2.45) is 0 Å². The average molecular weight is 311 g/mol. The fraction of sp³-hybridized carbons (Fsp3) is 0. The van der Waals surface area contributed by atoms with E-state index in [9.17, 15) is 4.79 Å². The molecule has 2 aromatic rings. The van der Waals surface area contributed by atoms with Crippen LogP contribution < -0.4 is 0 Å². The van der Waals surface area contributed by atoms with Gasteiger partial charge in [-0.15, -0.1) is 0 Å². The highest BCUT2D eigenvalue weighted by molar-refractivity contribution is 9.10. The van der Waals surface area contributed by atoms with Gasteiger partial charge in [-0.1, -0.05) is 11.8 Å². The van der Waals surface area contributed by atoms with E-state index in [2.05, 4.69) is 25.9 Å². The number of rotatable bonds is 3. The Morgan fingerprint density at radius 1 is 1.35 bits per heavy atom. The summed E-state index contributed by atoms with van der Waals surface area (Å²) in [6.45, 7) is 0. The van der Waals surface area contributed by atoms with Crippen LogP contribution in [0.5, 0.6) is 0 Å². The third kappa shape index (κ3) is 3.04. The first-order valence-corrected chi connectivity index (χ1v) is 6.24. The fourth-order valence-corrected chi connectivity index (χ4v) is 2.35. The molecule has 0 aromatic carbocycles. The number of aromatic carboxylic acids is 1. The van der Waals surface area contributed by atoms with Crippen molar-refractivity contribution in [1.82, 2.24) is 9.97 Å². The zero-order valence-electron chi connectivity index (χ0n) is 8.50. The summed E-state index contributed by atoms with van der Waals surface area (Å²) in [5.41, 5.74) is 0.182. The molecular formula is C11H7BrN2O2S. The maximum absolute atomic E-state index is 11.1. The van der Waals surface area contributed by atoms with E-state index in [1.807, 2.05) is 0 Å². The largest absolute Gasteiger partial charge is 0.478 e. The molecule has 6 heteroatoms. The number of hydrogen-bond acceptors (Lipinski definition) is 4. The summed E-state index contributed by atoms with van der Waals surface area (Å²) >= 11 is 4.50. The molecule has 0 unspecified atom stereocenters. The Balaban J connectivity index is 2.36. The second kappa shape index (κ2) is 5.29. The van der Waals surface area contributed by atoms with Crippen LogP contribution in [0.4, 0.5) is 0 Å². The van der Waals surface area contributed by atoms with Crippen LogP contribution in [0.25, 0.3) is 0 Å². The molecule has 0 amide bonds. The van der Waals surface area contributed by atoms with Crippen molar-refractivity contribution in [2.75, 3.05) is 0 Å². The summed E-state index contributed by atoms with van der Waals surface area (Å²) in [5, 5.41) is 9.55. The van der Waals surface area contributed by atoms with E-state index in [0.717, 1.165) is 4.90 Å². The highest BCUT2D eigenvalue weighted by Gasteiger charge is 2.13.